The maximum atomic E-state index is 10.2. The van der Waals surface area contributed by atoms with Crippen LogP contribution in [0.3, 0.4) is 0 Å². The molecule has 6 heteroatoms. The fourth-order valence-electron chi connectivity index (χ4n) is 3.41. The average Bonchev–Trinajstić information content (AvgIpc) is 2.70. The van der Waals surface area contributed by atoms with Crippen LogP contribution in [0.4, 0.5) is 5.82 Å². The molecule has 2 N–H and O–H groups in total. The van der Waals surface area contributed by atoms with Gasteiger partial charge in [0.2, 0.25) is 0 Å². The van der Waals surface area contributed by atoms with Crippen LogP contribution in [0.2, 0.25) is 0 Å². The Labute approximate surface area is 166 Å². The van der Waals surface area contributed by atoms with E-state index in [0.29, 0.717) is 18.2 Å². The van der Waals surface area contributed by atoms with Crippen LogP contribution in [0.5, 0.6) is 5.75 Å². The SMILES string of the molecule is C#Cc1ccc(-c2nnc(N[C@@H]3CCCC[C@H]3O)cc2C)c(OCOCC)c1. The summed E-state index contributed by atoms with van der Waals surface area (Å²) in [6.45, 7) is 4.60. The molecule has 0 bridgehead atoms. The van der Waals surface area contributed by atoms with E-state index in [1.165, 1.54) is 0 Å². The minimum atomic E-state index is -0.342. The highest BCUT2D eigenvalue weighted by molar-refractivity contribution is 5.71. The first-order chi connectivity index (χ1) is 13.6. The first kappa shape index (κ1) is 20.1. The minimum Gasteiger partial charge on any atom is -0.467 e. The number of nitrogens with zero attached hydrogens (tertiary/aromatic N) is 2. The van der Waals surface area contributed by atoms with E-state index in [1.54, 1.807) is 6.07 Å². The second-order valence-electron chi connectivity index (χ2n) is 6.97. The Bertz CT molecular complexity index is 847. The zero-order valence-corrected chi connectivity index (χ0v) is 16.4. The quantitative estimate of drug-likeness (QED) is 0.434. The lowest BCUT2D eigenvalue weighted by atomic mass is 9.92. The first-order valence-electron chi connectivity index (χ1n) is 9.73. The van der Waals surface area contributed by atoms with Crippen molar-refractivity contribution >= 4 is 5.82 Å². The van der Waals surface area contributed by atoms with Crippen LogP contribution in [-0.4, -0.2) is 40.8 Å². The smallest absolute Gasteiger partial charge is 0.189 e. The molecule has 2 atom stereocenters. The van der Waals surface area contributed by atoms with E-state index in [9.17, 15) is 5.11 Å². The first-order valence-corrected chi connectivity index (χ1v) is 9.73. The van der Waals surface area contributed by atoms with Gasteiger partial charge >= 0.3 is 0 Å². The van der Waals surface area contributed by atoms with Crippen molar-refractivity contribution in [2.75, 3.05) is 18.7 Å². The molecule has 0 saturated heterocycles. The van der Waals surface area contributed by atoms with Crippen molar-refractivity contribution in [3.8, 4) is 29.4 Å². The van der Waals surface area contributed by atoms with Crippen molar-refractivity contribution in [1.29, 1.82) is 0 Å². The third-order valence-corrected chi connectivity index (χ3v) is 4.95. The third kappa shape index (κ3) is 4.80. The molecule has 1 fully saturated rings. The van der Waals surface area contributed by atoms with Gasteiger partial charge in [-0.2, -0.15) is 0 Å². The van der Waals surface area contributed by atoms with E-state index >= 15 is 0 Å². The van der Waals surface area contributed by atoms with E-state index in [4.69, 9.17) is 15.9 Å². The largest absolute Gasteiger partial charge is 0.467 e. The normalized spacial score (nSPS) is 19.1. The maximum absolute atomic E-state index is 10.2. The van der Waals surface area contributed by atoms with Crippen LogP contribution >= 0.6 is 0 Å². The number of aryl methyl sites for hydroxylation is 1. The highest BCUT2D eigenvalue weighted by atomic mass is 16.7. The molecular formula is C22H27N3O3. The number of ether oxygens (including phenoxy) is 2. The highest BCUT2D eigenvalue weighted by Crippen LogP contribution is 2.32. The van der Waals surface area contributed by atoms with Gasteiger partial charge in [0.1, 0.15) is 11.6 Å². The Balaban J connectivity index is 1.84. The molecule has 28 heavy (non-hydrogen) atoms. The lowest BCUT2D eigenvalue weighted by Crippen LogP contribution is -2.36. The minimum absolute atomic E-state index is 0.0216. The highest BCUT2D eigenvalue weighted by Gasteiger charge is 2.23. The molecule has 0 radical (unpaired) electrons. The van der Waals surface area contributed by atoms with Crippen LogP contribution in [-0.2, 0) is 4.74 Å². The predicted molar refractivity (Wildman–Crippen MR) is 109 cm³/mol. The Kier molecular flexibility index (Phi) is 6.85. The number of hydrogen-bond acceptors (Lipinski definition) is 6. The number of anilines is 1. The summed E-state index contributed by atoms with van der Waals surface area (Å²) in [6, 6.07) is 7.53. The lowest BCUT2D eigenvalue weighted by Gasteiger charge is -2.28. The number of hydrogen-bond donors (Lipinski definition) is 2. The van der Waals surface area contributed by atoms with E-state index < -0.39 is 0 Å². The molecule has 1 aromatic heterocycles. The van der Waals surface area contributed by atoms with Gasteiger partial charge in [0.15, 0.2) is 6.79 Å². The van der Waals surface area contributed by atoms with E-state index in [1.807, 2.05) is 32.0 Å². The van der Waals surface area contributed by atoms with Gasteiger partial charge in [-0.15, -0.1) is 16.6 Å². The van der Waals surface area contributed by atoms with Crippen molar-refractivity contribution in [3.05, 3.63) is 35.4 Å². The van der Waals surface area contributed by atoms with Crippen LogP contribution in [0, 0.1) is 19.3 Å². The summed E-state index contributed by atoms with van der Waals surface area (Å²) in [4.78, 5) is 0. The number of aliphatic hydroxyl groups is 1. The number of rotatable bonds is 7. The molecule has 2 aromatic rings. The molecule has 1 aromatic carbocycles. The van der Waals surface area contributed by atoms with Crippen molar-refractivity contribution in [3.63, 3.8) is 0 Å². The van der Waals surface area contributed by atoms with Gasteiger partial charge in [-0.3, -0.25) is 0 Å². The Hall–Kier alpha value is -2.62. The van der Waals surface area contributed by atoms with Gasteiger partial charge in [0.25, 0.3) is 0 Å². The summed E-state index contributed by atoms with van der Waals surface area (Å²) >= 11 is 0. The van der Waals surface area contributed by atoms with Gasteiger partial charge in [-0.25, -0.2) is 0 Å². The Morgan fingerprint density at radius 2 is 2.07 bits per heavy atom. The summed E-state index contributed by atoms with van der Waals surface area (Å²) in [6.07, 6.45) is 9.12. The molecule has 1 aliphatic carbocycles. The van der Waals surface area contributed by atoms with E-state index in [2.05, 4.69) is 21.4 Å². The lowest BCUT2D eigenvalue weighted by molar-refractivity contribution is 0.0227. The molecule has 148 valence electrons. The molecule has 0 amide bonds. The summed E-state index contributed by atoms with van der Waals surface area (Å²) < 4.78 is 11.1. The van der Waals surface area contributed by atoms with Crippen molar-refractivity contribution < 1.29 is 14.6 Å². The predicted octanol–water partition coefficient (Wildman–Crippen LogP) is 3.52. The zero-order chi connectivity index (χ0) is 19.9. The number of nitrogens with one attached hydrogen (secondary N) is 1. The van der Waals surface area contributed by atoms with Crippen LogP contribution in [0.1, 0.15) is 43.7 Å². The monoisotopic (exact) mass is 381 g/mol. The number of terminal acetylenes is 1. The molecule has 6 nitrogen and oxygen atoms in total. The number of aliphatic hydroxyl groups excluding tert-OH is 1. The van der Waals surface area contributed by atoms with E-state index in [-0.39, 0.29) is 18.9 Å². The van der Waals surface area contributed by atoms with Crippen molar-refractivity contribution in [1.82, 2.24) is 10.2 Å². The molecule has 0 spiro atoms. The maximum Gasteiger partial charge on any atom is 0.189 e. The van der Waals surface area contributed by atoms with E-state index in [0.717, 1.165) is 48.1 Å². The molecule has 1 saturated carbocycles. The summed E-state index contributed by atoms with van der Waals surface area (Å²) in [5.74, 6) is 3.91. The van der Waals surface area contributed by atoms with Gasteiger partial charge in [-0.05, 0) is 56.5 Å². The van der Waals surface area contributed by atoms with Crippen molar-refractivity contribution in [2.45, 2.75) is 51.7 Å². The van der Waals surface area contributed by atoms with Crippen LogP contribution in [0.25, 0.3) is 11.3 Å². The fraction of sp³-hybridized carbons (Fsp3) is 0.455. The van der Waals surface area contributed by atoms with Gasteiger partial charge < -0.3 is 19.9 Å². The Morgan fingerprint density at radius 1 is 1.25 bits per heavy atom. The van der Waals surface area contributed by atoms with Crippen LogP contribution < -0.4 is 10.1 Å². The van der Waals surface area contributed by atoms with Crippen molar-refractivity contribution in [2.24, 2.45) is 0 Å². The fourth-order valence-corrected chi connectivity index (χ4v) is 3.41. The summed E-state index contributed by atoms with van der Waals surface area (Å²) in [7, 11) is 0. The van der Waals surface area contributed by atoms with Gasteiger partial charge in [0, 0.05) is 17.7 Å². The zero-order valence-electron chi connectivity index (χ0n) is 16.4. The molecule has 0 aliphatic heterocycles. The molecule has 3 rings (SSSR count). The summed E-state index contributed by atoms with van der Waals surface area (Å²) in [5, 5.41) is 22.2. The molecular weight excluding hydrogens is 354 g/mol. The van der Waals surface area contributed by atoms with Gasteiger partial charge in [-0.1, -0.05) is 18.8 Å². The summed E-state index contributed by atoms with van der Waals surface area (Å²) in [5.41, 5.74) is 3.22. The number of aromatic nitrogens is 2. The molecule has 0 unspecified atom stereocenters. The van der Waals surface area contributed by atoms with Gasteiger partial charge in [0.05, 0.1) is 17.8 Å². The number of benzene rings is 1. The Morgan fingerprint density at radius 3 is 2.79 bits per heavy atom. The topological polar surface area (TPSA) is 76.5 Å². The molecule has 1 aliphatic rings. The third-order valence-electron chi connectivity index (χ3n) is 4.95. The standard InChI is InChI=1S/C22H27N3O3/c1-4-16-10-11-17(20(13-16)28-14-27-5-2)22-15(3)12-21(24-25-22)23-18-8-6-7-9-19(18)26/h1,10-13,18-19,26H,5-9,14H2,2-3H3,(H,23,24)/t18-,19-/m1/s1. The second-order valence-corrected chi connectivity index (χ2v) is 6.97. The van der Waals surface area contributed by atoms with Crippen LogP contribution in [0.15, 0.2) is 24.3 Å². The second kappa shape index (κ2) is 9.54. The molecule has 1 heterocycles. The average molecular weight is 381 g/mol.